The average Bonchev–Trinajstić information content (AvgIpc) is 3.07. The lowest BCUT2D eigenvalue weighted by molar-refractivity contribution is -0.137. The lowest BCUT2D eigenvalue weighted by Gasteiger charge is -2.28. The third kappa shape index (κ3) is 14.4. The van der Waals surface area contributed by atoms with E-state index >= 15 is 0 Å². The predicted molar refractivity (Wildman–Crippen MR) is 188 cm³/mol. The van der Waals surface area contributed by atoms with Crippen molar-refractivity contribution in [1.82, 2.24) is 10.6 Å². The number of nitrogens with two attached hydrogens (primary N) is 1. The van der Waals surface area contributed by atoms with Crippen LogP contribution >= 0.6 is 0 Å². The Hall–Kier alpha value is -5.48. The van der Waals surface area contributed by atoms with Gasteiger partial charge < -0.3 is 31.3 Å². The number of para-hydroxylation sites is 1. The number of hydrogen-bond donors (Lipinski definition) is 5. The molecule has 0 aliphatic carbocycles. The second-order valence-corrected chi connectivity index (χ2v) is 12.0. The highest BCUT2D eigenvalue weighted by atomic mass is 16.5. The molecule has 258 valence electrons. The summed E-state index contributed by atoms with van der Waals surface area (Å²) in [5.41, 5.74) is 7.57. The molecule has 0 aliphatic heterocycles. The summed E-state index contributed by atoms with van der Waals surface area (Å²) in [7, 11) is 0. The van der Waals surface area contributed by atoms with Crippen LogP contribution < -0.4 is 21.1 Å². The molecule has 10 heteroatoms. The minimum atomic E-state index is -1.07. The van der Waals surface area contributed by atoms with E-state index in [1.165, 1.54) is 0 Å². The van der Waals surface area contributed by atoms with Crippen LogP contribution in [0, 0.1) is 5.92 Å². The molecule has 0 radical (unpaired) electrons. The summed E-state index contributed by atoms with van der Waals surface area (Å²) in [6.07, 6.45) is -0.591. The zero-order valence-electron chi connectivity index (χ0n) is 27.8. The van der Waals surface area contributed by atoms with Crippen molar-refractivity contribution in [2.45, 2.75) is 64.1 Å². The minimum absolute atomic E-state index is 0.00674. The third-order valence-electron chi connectivity index (χ3n) is 7.47. The third-order valence-corrected chi connectivity index (χ3v) is 7.47. The van der Waals surface area contributed by atoms with E-state index in [1.54, 1.807) is 18.2 Å². The number of aliphatic hydroxyl groups excluding tert-OH is 1. The maximum Gasteiger partial charge on any atom is 0.303 e. The molecular weight excluding hydrogens is 622 g/mol. The zero-order valence-corrected chi connectivity index (χ0v) is 27.8. The number of hydrogen-bond acceptors (Lipinski definition) is 6. The summed E-state index contributed by atoms with van der Waals surface area (Å²) in [4.78, 5) is 47.7. The zero-order chi connectivity index (χ0) is 35.6. The number of benzene rings is 4. The van der Waals surface area contributed by atoms with Gasteiger partial charge in [0.05, 0.1) is 25.0 Å². The maximum atomic E-state index is 13.3. The number of rotatable bonds is 16. The summed E-state index contributed by atoms with van der Waals surface area (Å²) in [6, 6.07) is 33.8. The first-order valence-electron chi connectivity index (χ1n) is 16.2. The summed E-state index contributed by atoms with van der Waals surface area (Å²) >= 11 is 0. The molecule has 6 N–H and O–H groups in total. The molecule has 0 saturated heterocycles. The Kier molecular flexibility index (Phi) is 15.5. The van der Waals surface area contributed by atoms with Gasteiger partial charge in [0.25, 0.3) is 0 Å². The van der Waals surface area contributed by atoms with Crippen molar-refractivity contribution in [2.75, 3.05) is 0 Å². The highest BCUT2D eigenvalue weighted by Crippen LogP contribution is 2.22. The van der Waals surface area contributed by atoms with Crippen LogP contribution in [0.15, 0.2) is 115 Å². The van der Waals surface area contributed by atoms with Crippen molar-refractivity contribution < 1.29 is 34.1 Å². The van der Waals surface area contributed by atoms with E-state index in [1.807, 2.05) is 111 Å². The largest absolute Gasteiger partial charge is 0.481 e. The van der Waals surface area contributed by atoms with Gasteiger partial charge in [0.2, 0.25) is 17.7 Å². The molecular formula is C39H45N3O7. The first-order chi connectivity index (χ1) is 23.5. The van der Waals surface area contributed by atoms with Gasteiger partial charge >= 0.3 is 5.97 Å². The molecule has 0 spiro atoms. The van der Waals surface area contributed by atoms with E-state index in [9.17, 15) is 24.3 Å². The van der Waals surface area contributed by atoms with Crippen LogP contribution in [-0.4, -0.2) is 52.1 Å². The lowest BCUT2D eigenvalue weighted by Crippen LogP contribution is -2.55. The molecule has 4 rings (SSSR count). The number of carboxylic acid groups (broad SMARTS) is 1. The van der Waals surface area contributed by atoms with Crippen LogP contribution in [0.2, 0.25) is 0 Å². The van der Waals surface area contributed by atoms with Crippen molar-refractivity contribution in [3.8, 4) is 11.5 Å². The maximum absolute atomic E-state index is 13.3. The molecule has 0 aromatic heterocycles. The summed E-state index contributed by atoms with van der Waals surface area (Å²) in [5.74, 6) is -1.01. The Labute approximate surface area is 287 Å². The fourth-order valence-corrected chi connectivity index (χ4v) is 4.98. The van der Waals surface area contributed by atoms with E-state index in [0.717, 1.165) is 16.7 Å². The Bertz CT molecular complexity index is 1620. The van der Waals surface area contributed by atoms with Crippen LogP contribution in [0.5, 0.6) is 11.5 Å². The quantitative estimate of drug-likeness (QED) is 0.114. The number of carbonyl (C=O) groups is 4. The fraction of sp³-hybridized carbons (Fsp3) is 0.282. The number of ether oxygens (including phenoxy) is 1. The molecule has 0 fully saturated rings. The van der Waals surface area contributed by atoms with Gasteiger partial charge in [-0.1, -0.05) is 105 Å². The number of nitrogens with one attached hydrogen (secondary N) is 2. The van der Waals surface area contributed by atoms with Crippen molar-refractivity contribution in [3.05, 3.63) is 132 Å². The molecule has 4 aromatic rings. The van der Waals surface area contributed by atoms with E-state index in [2.05, 4.69) is 10.6 Å². The molecule has 49 heavy (non-hydrogen) atoms. The number of carboxylic acids is 1. The van der Waals surface area contributed by atoms with Gasteiger partial charge in [-0.25, -0.2) is 0 Å². The average molecular weight is 668 g/mol. The van der Waals surface area contributed by atoms with Gasteiger partial charge in [-0.2, -0.15) is 0 Å². The highest BCUT2D eigenvalue weighted by Gasteiger charge is 2.29. The lowest BCUT2D eigenvalue weighted by atomic mass is 9.96. The van der Waals surface area contributed by atoms with E-state index in [4.69, 9.17) is 15.6 Å². The van der Waals surface area contributed by atoms with Gasteiger partial charge in [-0.05, 0) is 59.7 Å². The van der Waals surface area contributed by atoms with E-state index in [0.29, 0.717) is 24.3 Å². The smallest absolute Gasteiger partial charge is 0.303 e. The number of primary amides is 1. The van der Waals surface area contributed by atoms with Crippen molar-refractivity contribution in [1.29, 1.82) is 0 Å². The number of amides is 3. The molecule has 4 aromatic carbocycles. The summed E-state index contributed by atoms with van der Waals surface area (Å²) in [5, 5.41) is 25.4. The number of aliphatic carboxylic acids is 1. The van der Waals surface area contributed by atoms with Crippen LogP contribution in [0.25, 0.3) is 0 Å². The van der Waals surface area contributed by atoms with Crippen LogP contribution in [0.4, 0.5) is 0 Å². The van der Waals surface area contributed by atoms with Crippen LogP contribution in [0.1, 0.15) is 43.4 Å². The Morgan fingerprint density at radius 3 is 1.84 bits per heavy atom. The van der Waals surface area contributed by atoms with Gasteiger partial charge in [0, 0.05) is 6.42 Å². The van der Waals surface area contributed by atoms with Gasteiger partial charge in [0.15, 0.2) is 0 Å². The second-order valence-electron chi connectivity index (χ2n) is 12.0. The minimum Gasteiger partial charge on any atom is -0.481 e. The Morgan fingerprint density at radius 2 is 1.27 bits per heavy atom. The summed E-state index contributed by atoms with van der Waals surface area (Å²) in [6.45, 7) is 3.65. The first-order valence-corrected chi connectivity index (χ1v) is 16.2. The van der Waals surface area contributed by atoms with Gasteiger partial charge in [-0.15, -0.1) is 0 Å². The molecule has 0 heterocycles. The fourth-order valence-electron chi connectivity index (χ4n) is 4.98. The Balaban J connectivity index is 0.000000555. The van der Waals surface area contributed by atoms with Crippen molar-refractivity contribution in [3.63, 3.8) is 0 Å². The SMILES string of the molecule is CC(C)C(NC(=O)Cc1cccc(Oc2ccccc2)c1)C(=O)NC(Cc1ccccc1)C(O)CCC(=O)O.NC(=O)Cc1ccccc1. The molecule has 3 atom stereocenters. The molecule has 3 amide bonds. The number of aliphatic hydroxyl groups is 1. The van der Waals surface area contributed by atoms with Crippen LogP contribution in [-0.2, 0) is 38.4 Å². The molecule has 0 bridgehead atoms. The molecule has 3 unspecified atom stereocenters. The van der Waals surface area contributed by atoms with Crippen LogP contribution in [0.3, 0.4) is 0 Å². The van der Waals surface area contributed by atoms with E-state index in [-0.39, 0.29) is 37.0 Å². The Morgan fingerprint density at radius 1 is 0.714 bits per heavy atom. The second kappa shape index (κ2) is 20.0. The normalized spacial score (nSPS) is 12.4. The first kappa shape index (κ1) is 38.0. The van der Waals surface area contributed by atoms with Crippen molar-refractivity contribution in [2.24, 2.45) is 11.7 Å². The standard InChI is InChI=1S/C31H36N2O6.C8H9NO/c1-21(2)30(31(38)32-26(27(34)16-17-29(36)37)19-22-10-5-3-6-11-22)33-28(35)20-23-12-9-15-25(18-23)39-24-13-7-4-8-14-24;9-8(10)6-7-4-2-1-3-5-7/h3-15,18,21,26-27,30,34H,16-17,19-20H2,1-2H3,(H,32,38)(H,33,35)(H,36,37);1-5H,6H2,(H2,9,10). The number of carbonyl (C=O) groups excluding carboxylic acids is 3. The van der Waals surface area contributed by atoms with Gasteiger partial charge in [0.1, 0.15) is 17.5 Å². The topological polar surface area (TPSA) is 168 Å². The molecule has 0 aliphatic rings. The van der Waals surface area contributed by atoms with Crippen molar-refractivity contribution >= 4 is 23.7 Å². The molecule has 0 saturated carbocycles. The summed E-state index contributed by atoms with van der Waals surface area (Å²) < 4.78 is 5.85. The molecule has 10 nitrogen and oxygen atoms in total. The predicted octanol–water partition coefficient (Wildman–Crippen LogP) is 4.83. The monoisotopic (exact) mass is 667 g/mol. The van der Waals surface area contributed by atoms with E-state index < -0.39 is 30.1 Å². The van der Waals surface area contributed by atoms with Gasteiger partial charge in [-0.3, -0.25) is 19.2 Å². The highest BCUT2D eigenvalue weighted by molar-refractivity contribution is 5.88.